The number of halogens is 2. The van der Waals surface area contributed by atoms with E-state index in [1.54, 1.807) is 0 Å². The zero-order chi connectivity index (χ0) is 13.1. The summed E-state index contributed by atoms with van der Waals surface area (Å²) in [6.45, 7) is 2.19. The number of likely N-dealkylation sites (N-methyl/N-ethyl adjacent to an activating group) is 2. The van der Waals surface area contributed by atoms with Gasteiger partial charge in [0.1, 0.15) is 5.82 Å². The second-order valence-corrected chi connectivity index (χ2v) is 5.56. The van der Waals surface area contributed by atoms with E-state index in [1.165, 1.54) is 19.4 Å². The molecule has 1 aromatic rings. The lowest BCUT2D eigenvalue weighted by Crippen LogP contribution is -2.37. The molecular weight excluding hydrogens is 269 g/mol. The SMILES string of the molecule is CN(CC1CCCN1C)c1ccc(Cl)c(CCl)n1. The minimum atomic E-state index is 0.351. The molecular formula is C13H19Cl2N3. The molecule has 1 saturated heterocycles. The maximum absolute atomic E-state index is 6.02. The van der Waals surface area contributed by atoms with Gasteiger partial charge in [0.25, 0.3) is 0 Å². The van der Waals surface area contributed by atoms with Crippen LogP contribution in [-0.2, 0) is 5.88 Å². The molecule has 3 nitrogen and oxygen atoms in total. The molecule has 2 rings (SSSR count). The summed E-state index contributed by atoms with van der Waals surface area (Å²) in [5, 5.41) is 0.639. The van der Waals surface area contributed by atoms with E-state index in [0.717, 1.165) is 18.1 Å². The Morgan fingerprint density at radius 3 is 2.89 bits per heavy atom. The van der Waals surface area contributed by atoms with E-state index in [2.05, 4.69) is 28.9 Å². The van der Waals surface area contributed by atoms with Crippen LogP contribution < -0.4 is 4.90 Å². The number of alkyl halides is 1. The first-order chi connectivity index (χ1) is 8.61. The molecule has 1 fully saturated rings. The van der Waals surface area contributed by atoms with Crippen molar-refractivity contribution in [3.8, 4) is 0 Å². The van der Waals surface area contributed by atoms with Crippen LogP contribution >= 0.6 is 23.2 Å². The third-order valence-electron chi connectivity index (χ3n) is 3.58. The highest BCUT2D eigenvalue weighted by Gasteiger charge is 2.22. The second-order valence-electron chi connectivity index (χ2n) is 4.89. The van der Waals surface area contributed by atoms with Crippen molar-refractivity contribution in [2.24, 2.45) is 0 Å². The average molecular weight is 288 g/mol. The van der Waals surface area contributed by atoms with Gasteiger partial charge in [-0.05, 0) is 38.6 Å². The number of anilines is 1. The summed E-state index contributed by atoms with van der Waals surface area (Å²) in [6, 6.07) is 4.44. The van der Waals surface area contributed by atoms with Gasteiger partial charge in [-0.3, -0.25) is 0 Å². The Morgan fingerprint density at radius 2 is 2.28 bits per heavy atom. The fourth-order valence-corrected chi connectivity index (χ4v) is 2.84. The van der Waals surface area contributed by atoms with Gasteiger partial charge in [-0.25, -0.2) is 4.98 Å². The molecule has 0 N–H and O–H groups in total. The fourth-order valence-electron chi connectivity index (χ4n) is 2.40. The molecule has 2 heterocycles. The van der Waals surface area contributed by atoms with Gasteiger partial charge in [0, 0.05) is 19.6 Å². The summed E-state index contributed by atoms with van der Waals surface area (Å²) in [4.78, 5) is 9.09. The molecule has 0 spiro atoms. The van der Waals surface area contributed by atoms with E-state index in [-0.39, 0.29) is 0 Å². The molecule has 0 aliphatic carbocycles. The number of aromatic nitrogens is 1. The Bertz CT molecular complexity index is 411. The standard InChI is InChI=1S/C13H19Cl2N3/c1-17-7-3-4-10(17)9-18(2)13-6-5-11(15)12(8-14)16-13/h5-6,10H,3-4,7-9H2,1-2H3. The van der Waals surface area contributed by atoms with Crippen LogP contribution in [0.1, 0.15) is 18.5 Å². The van der Waals surface area contributed by atoms with Crippen LogP contribution in [0.4, 0.5) is 5.82 Å². The monoisotopic (exact) mass is 287 g/mol. The lowest BCUT2D eigenvalue weighted by Gasteiger charge is -2.26. The van der Waals surface area contributed by atoms with Crippen molar-refractivity contribution in [3.05, 3.63) is 22.8 Å². The zero-order valence-electron chi connectivity index (χ0n) is 10.9. The molecule has 1 aliphatic heterocycles. The second kappa shape index (κ2) is 6.09. The molecule has 100 valence electrons. The summed E-state index contributed by atoms with van der Waals surface area (Å²) in [7, 11) is 4.26. The van der Waals surface area contributed by atoms with Crippen LogP contribution in [-0.4, -0.2) is 43.1 Å². The van der Waals surface area contributed by atoms with Crippen LogP contribution in [0.15, 0.2) is 12.1 Å². The average Bonchev–Trinajstić information content (AvgIpc) is 2.75. The van der Waals surface area contributed by atoms with Crippen molar-refractivity contribution in [1.82, 2.24) is 9.88 Å². The zero-order valence-corrected chi connectivity index (χ0v) is 12.4. The van der Waals surface area contributed by atoms with E-state index in [9.17, 15) is 0 Å². The Kier molecular flexibility index (Phi) is 4.71. The molecule has 1 aromatic heterocycles. The third kappa shape index (κ3) is 3.08. The number of hydrogen-bond acceptors (Lipinski definition) is 3. The van der Waals surface area contributed by atoms with Crippen LogP contribution in [0.3, 0.4) is 0 Å². The summed E-state index contributed by atoms with van der Waals surface area (Å²) in [5.41, 5.74) is 0.752. The van der Waals surface area contributed by atoms with Gasteiger partial charge in [-0.1, -0.05) is 11.6 Å². The number of hydrogen-bond donors (Lipinski definition) is 0. The largest absolute Gasteiger partial charge is 0.358 e. The lowest BCUT2D eigenvalue weighted by atomic mass is 10.2. The van der Waals surface area contributed by atoms with Crippen LogP contribution in [0.25, 0.3) is 0 Å². The number of rotatable bonds is 4. The van der Waals surface area contributed by atoms with Crippen molar-refractivity contribution < 1.29 is 0 Å². The van der Waals surface area contributed by atoms with E-state index >= 15 is 0 Å². The van der Waals surface area contributed by atoms with Crippen LogP contribution in [0, 0.1) is 0 Å². The molecule has 5 heteroatoms. The summed E-state index contributed by atoms with van der Waals surface area (Å²) in [6.07, 6.45) is 2.55. The first-order valence-corrected chi connectivity index (χ1v) is 7.16. The smallest absolute Gasteiger partial charge is 0.128 e. The van der Waals surface area contributed by atoms with Crippen molar-refractivity contribution in [2.45, 2.75) is 24.8 Å². The summed E-state index contributed by atoms with van der Waals surface area (Å²) >= 11 is 11.8. The van der Waals surface area contributed by atoms with Crippen molar-refractivity contribution in [3.63, 3.8) is 0 Å². The topological polar surface area (TPSA) is 19.4 Å². The Hall–Kier alpha value is -0.510. The highest BCUT2D eigenvalue weighted by molar-refractivity contribution is 6.32. The summed E-state index contributed by atoms with van der Waals surface area (Å²) < 4.78 is 0. The van der Waals surface area contributed by atoms with Crippen LogP contribution in [0.2, 0.25) is 5.02 Å². The highest BCUT2D eigenvalue weighted by atomic mass is 35.5. The van der Waals surface area contributed by atoms with Gasteiger partial charge in [0.05, 0.1) is 16.6 Å². The predicted molar refractivity (Wildman–Crippen MR) is 77.7 cm³/mol. The number of pyridine rings is 1. The Balaban J connectivity index is 2.06. The predicted octanol–water partition coefficient (Wildman–Crippen LogP) is 3.00. The van der Waals surface area contributed by atoms with Gasteiger partial charge in [-0.2, -0.15) is 0 Å². The summed E-state index contributed by atoms with van der Waals surface area (Å²) in [5.74, 6) is 1.29. The van der Waals surface area contributed by atoms with E-state index in [1.807, 2.05) is 12.1 Å². The third-order valence-corrected chi connectivity index (χ3v) is 4.18. The molecule has 0 saturated carbocycles. The Morgan fingerprint density at radius 1 is 1.50 bits per heavy atom. The molecule has 0 amide bonds. The molecule has 0 bridgehead atoms. The van der Waals surface area contributed by atoms with Crippen molar-refractivity contribution in [2.75, 3.05) is 32.1 Å². The van der Waals surface area contributed by atoms with Crippen LogP contribution in [0.5, 0.6) is 0 Å². The van der Waals surface area contributed by atoms with Gasteiger partial charge in [0.15, 0.2) is 0 Å². The van der Waals surface area contributed by atoms with E-state index in [4.69, 9.17) is 23.2 Å². The molecule has 18 heavy (non-hydrogen) atoms. The first kappa shape index (κ1) is 13.9. The minimum absolute atomic E-state index is 0.351. The van der Waals surface area contributed by atoms with E-state index in [0.29, 0.717) is 16.9 Å². The maximum Gasteiger partial charge on any atom is 0.128 e. The minimum Gasteiger partial charge on any atom is -0.358 e. The van der Waals surface area contributed by atoms with Gasteiger partial charge >= 0.3 is 0 Å². The number of nitrogens with zero attached hydrogens (tertiary/aromatic N) is 3. The maximum atomic E-state index is 6.02. The lowest BCUT2D eigenvalue weighted by molar-refractivity contribution is 0.314. The molecule has 1 atom stereocenters. The Labute approximate surface area is 119 Å². The molecule has 1 unspecified atom stereocenters. The van der Waals surface area contributed by atoms with E-state index < -0.39 is 0 Å². The van der Waals surface area contributed by atoms with Crippen molar-refractivity contribution in [1.29, 1.82) is 0 Å². The molecule has 1 aliphatic rings. The fraction of sp³-hybridized carbons (Fsp3) is 0.615. The molecule has 0 aromatic carbocycles. The van der Waals surface area contributed by atoms with Gasteiger partial charge < -0.3 is 9.80 Å². The van der Waals surface area contributed by atoms with Gasteiger partial charge in [0.2, 0.25) is 0 Å². The number of likely N-dealkylation sites (tertiary alicyclic amines) is 1. The van der Waals surface area contributed by atoms with Crippen molar-refractivity contribution >= 4 is 29.0 Å². The quantitative estimate of drug-likeness (QED) is 0.794. The normalized spacial score (nSPS) is 20.3. The van der Waals surface area contributed by atoms with Gasteiger partial charge in [-0.15, -0.1) is 11.6 Å². The first-order valence-electron chi connectivity index (χ1n) is 6.24. The molecule has 0 radical (unpaired) electrons. The highest BCUT2D eigenvalue weighted by Crippen LogP contribution is 2.22.